The van der Waals surface area contributed by atoms with Gasteiger partial charge in [-0.2, -0.15) is 13.2 Å². The maximum atomic E-state index is 12.7. The highest BCUT2D eigenvalue weighted by Crippen LogP contribution is 2.31. The largest absolute Gasteiger partial charge is 0.416 e. The van der Waals surface area contributed by atoms with Gasteiger partial charge in [0.1, 0.15) is 4.32 Å². The summed E-state index contributed by atoms with van der Waals surface area (Å²) in [5.41, 5.74) is -0.660. The minimum Gasteiger partial charge on any atom is -0.358 e. The van der Waals surface area contributed by atoms with Crippen LogP contribution in [-0.2, 0) is 11.0 Å². The zero-order chi connectivity index (χ0) is 17.0. The lowest BCUT2D eigenvalue weighted by atomic mass is 10.2. The Labute approximate surface area is 142 Å². The molecule has 1 aliphatic rings. The zero-order valence-corrected chi connectivity index (χ0v) is 14.2. The molecular formula is C15H17F3N2OS2. The lowest BCUT2D eigenvalue weighted by Crippen LogP contribution is -2.29. The third kappa shape index (κ3) is 5.10. The molecule has 1 unspecified atom stereocenters. The van der Waals surface area contributed by atoms with E-state index in [0.29, 0.717) is 4.32 Å². The molecule has 0 aromatic heterocycles. The number of anilines is 1. The summed E-state index contributed by atoms with van der Waals surface area (Å²) in [6.07, 6.45) is -2.25. The van der Waals surface area contributed by atoms with Crippen molar-refractivity contribution in [3.63, 3.8) is 0 Å². The third-order valence-electron chi connectivity index (χ3n) is 3.47. The first kappa shape index (κ1) is 18.1. The van der Waals surface area contributed by atoms with Gasteiger partial charge in [-0.15, -0.1) is 0 Å². The maximum Gasteiger partial charge on any atom is 0.416 e. The molecular weight excluding hydrogens is 345 g/mol. The van der Waals surface area contributed by atoms with Crippen molar-refractivity contribution in [3.05, 3.63) is 29.8 Å². The van der Waals surface area contributed by atoms with Crippen molar-refractivity contribution in [2.24, 2.45) is 0 Å². The summed E-state index contributed by atoms with van der Waals surface area (Å²) in [6.45, 7) is 3.48. The molecule has 1 saturated heterocycles. The van der Waals surface area contributed by atoms with Gasteiger partial charge in [0, 0.05) is 18.8 Å². The van der Waals surface area contributed by atoms with Crippen LogP contribution in [0.15, 0.2) is 24.3 Å². The second-order valence-corrected chi connectivity index (χ2v) is 7.26. The van der Waals surface area contributed by atoms with Crippen LogP contribution in [0.25, 0.3) is 0 Å². The number of halogens is 3. The number of hydrogen-bond acceptors (Lipinski definition) is 3. The van der Waals surface area contributed by atoms with Crippen LogP contribution in [0.4, 0.5) is 18.9 Å². The average molecular weight is 362 g/mol. The molecule has 0 aliphatic carbocycles. The highest BCUT2D eigenvalue weighted by molar-refractivity contribution is 8.23. The monoisotopic (exact) mass is 362 g/mol. The number of likely N-dealkylation sites (tertiary alicyclic amines) is 1. The predicted molar refractivity (Wildman–Crippen MR) is 90.5 cm³/mol. The molecule has 23 heavy (non-hydrogen) atoms. The van der Waals surface area contributed by atoms with Crippen molar-refractivity contribution in [3.8, 4) is 0 Å². The smallest absolute Gasteiger partial charge is 0.358 e. The van der Waals surface area contributed by atoms with Crippen molar-refractivity contribution in [1.29, 1.82) is 0 Å². The summed E-state index contributed by atoms with van der Waals surface area (Å²) in [6, 6.07) is 4.60. The molecule has 1 aromatic rings. The van der Waals surface area contributed by atoms with Crippen LogP contribution in [0, 0.1) is 0 Å². The van der Waals surface area contributed by atoms with E-state index in [2.05, 4.69) is 5.32 Å². The number of carbonyl (C=O) groups excluding carboxylic acids is 1. The molecule has 1 N–H and O–H groups in total. The summed E-state index contributed by atoms with van der Waals surface area (Å²) in [7, 11) is 0. The molecule has 1 amide bonds. The van der Waals surface area contributed by atoms with E-state index in [-0.39, 0.29) is 11.6 Å². The highest BCUT2D eigenvalue weighted by Gasteiger charge is 2.30. The summed E-state index contributed by atoms with van der Waals surface area (Å²) in [5, 5.41) is 2.04. The molecule has 1 atom stereocenters. The summed E-state index contributed by atoms with van der Waals surface area (Å²) in [5.74, 6) is -0.365. The molecule has 3 nitrogen and oxygen atoms in total. The van der Waals surface area contributed by atoms with E-state index in [1.165, 1.54) is 23.9 Å². The standard InChI is InChI=1S/C15H17F3N2OS2/c1-10(23-14(22)20-7-2-3-8-20)13(21)19-12-6-4-5-11(9-12)15(16,17)18/h4-6,9-10H,2-3,7-8H2,1H3,(H,19,21). The van der Waals surface area contributed by atoms with E-state index in [1.807, 2.05) is 4.90 Å². The normalized spacial score (nSPS) is 16.3. The van der Waals surface area contributed by atoms with Crippen LogP contribution >= 0.6 is 24.0 Å². The fraction of sp³-hybridized carbons (Fsp3) is 0.467. The van der Waals surface area contributed by atoms with Crippen molar-refractivity contribution in [2.45, 2.75) is 31.2 Å². The van der Waals surface area contributed by atoms with Gasteiger partial charge >= 0.3 is 6.18 Å². The van der Waals surface area contributed by atoms with E-state index in [0.717, 1.165) is 38.1 Å². The Bertz CT molecular complexity index is 586. The number of amides is 1. The average Bonchev–Trinajstić information content (AvgIpc) is 3.00. The van der Waals surface area contributed by atoms with Gasteiger partial charge in [-0.3, -0.25) is 4.79 Å². The number of thioether (sulfide) groups is 1. The summed E-state index contributed by atoms with van der Waals surface area (Å²) < 4.78 is 38.7. The van der Waals surface area contributed by atoms with Crippen LogP contribution in [0.2, 0.25) is 0 Å². The Balaban J connectivity index is 1.94. The van der Waals surface area contributed by atoms with Crippen LogP contribution in [0.3, 0.4) is 0 Å². The molecule has 8 heteroatoms. The highest BCUT2D eigenvalue weighted by atomic mass is 32.2. The number of nitrogens with zero attached hydrogens (tertiary/aromatic N) is 1. The number of alkyl halides is 3. The van der Waals surface area contributed by atoms with Crippen molar-refractivity contribution < 1.29 is 18.0 Å². The Kier molecular flexibility index (Phi) is 5.91. The second-order valence-electron chi connectivity index (χ2n) is 5.29. The van der Waals surface area contributed by atoms with E-state index >= 15 is 0 Å². The molecule has 0 spiro atoms. The van der Waals surface area contributed by atoms with Gasteiger partial charge in [0.2, 0.25) is 5.91 Å². The van der Waals surface area contributed by atoms with E-state index in [9.17, 15) is 18.0 Å². The molecule has 0 bridgehead atoms. The first-order valence-corrected chi connectivity index (χ1v) is 8.50. The number of nitrogens with one attached hydrogen (secondary N) is 1. The van der Waals surface area contributed by atoms with Crippen LogP contribution in [0.5, 0.6) is 0 Å². The van der Waals surface area contributed by atoms with Gasteiger partial charge in [0.15, 0.2) is 0 Å². The van der Waals surface area contributed by atoms with Gasteiger partial charge in [-0.1, -0.05) is 30.0 Å². The van der Waals surface area contributed by atoms with Crippen LogP contribution < -0.4 is 5.32 Å². The van der Waals surface area contributed by atoms with Gasteiger partial charge in [-0.25, -0.2) is 0 Å². The van der Waals surface area contributed by atoms with Gasteiger partial charge in [-0.05, 0) is 38.0 Å². The topological polar surface area (TPSA) is 32.3 Å². The number of carbonyl (C=O) groups is 1. The molecule has 0 saturated carbocycles. The van der Waals surface area contributed by atoms with Gasteiger partial charge in [0.05, 0.1) is 10.8 Å². The number of rotatable bonds is 3. The fourth-order valence-electron chi connectivity index (χ4n) is 2.20. The Morgan fingerprint density at radius 1 is 1.35 bits per heavy atom. The summed E-state index contributed by atoms with van der Waals surface area (Å²) in [4.78, 5) is 14.2. The van der Waals surface area contributed by atoms with Gasteiger partial charge < -0.3 is 10.2 Å². The Hall–Kier alpha value is -1.28. The zero-order valence-electron chi connectivity index (χ0n) is 12.5. The first-order chi connectivity index (χ1) is 10.8. The van der Waals surface area contributed by atoms with Crippen LogP contribution in [-0.4, -0.2) is 33.5 Å². The van der Waals surface area contributed by atoms with E-state index < -0.39 is 17.0 Å². The molecule has 1 heterocycles. The van der Waals surface area contributed by atoms with Crippen molar-refractivity contribution in [1.82, 2.24) is 4.90 Å². The van der Waals surface area contributed by atoms with E-state index in [4.69, 9.17) is 12.2 Å². The number of thiocarbonyl (C=S) groups is 1. The van der Waals surface area contributed by atoms with Crippen molar-refractivity contribution in [2.75, 3.05) is 18.4 Å². The lowest BCUT2D eigenvalue weighted by molar-refractivity contribution is -0.137. The minimum atomic E-state index is -4.43. The van der Waals surface area contributed by atoms with Gasteiger partial charge in [0.25, 0.3) is 0 Å². The third-order valence-corrected chi connectivity index (χ3v) is 5.04. The second kappa shape index (κ2) is 7.53. The molecule has 1 fully saturated rings. The molecule has 0 radical (unpaired) electrons. The quantitative estimate of drug-likeness (QED) is 0.819. The molecule has 126 valence electrons. The molecule has 1 aliphatic heterocycles. The molecule has 1 aromatic carbocycles. The SMILES string of the molecule is CC(SC(=S)N1CCCC1)C(=O)Nc1cccc(C(F)(F)F)c1. The Morgan fingerprint density at radius 3 is 2.61 bits per heavy atom. The summed E-state index contributed by atoms with van der Waals surface area (Å²) >= 11 is 6.56. The van der Waals surface area contributed by atoms with Crippen molar-refractivity contribution >= 4 is 39.9 Å². The lowest BCUT2D eigenvalue weighted by Gasteiger charge is -2.20. The molecule has 2 rings (SSSR count). The van der Waals surface area contributed by atoms with E-state index in [1.54, 1.807) is 6.92 Å². The first-order valence-electron chi connectivity index (χ1n) is 7.21. The number of hydrogen-bond donors (Lipinski definition) is 1. The fourth-order valence-corrected chi connectivity index (χ4v) is 3.61. The predicted octanol–water partition coefficient (Wildman–Crippen LogP) is 4.15. The maximum absolute atomic E-state index is 12.7. The Morgan fingerprint density at radius 2 is 2.00 bits per heavy atom. The minimum absolute atomic E-state index is 0.129. The van der Waals surface area contributed by atoms with Crippen LogP contribution in [0.1, 0.15) is 25.3 Å². The number of benzene rings is 1.